The van der Waals surface area contributed by atoms with Gasteiger partial charge in [0.1, 0.15) is 5.60 Å². The minimum absolute atomic E-state index is 0.161. The van der Waals surface area contributed by atoms with Gasteiger partial charge < -0.3 is 14.5 Å². The first-order chi connectivity index (χ1) is 15.3. The van der Waals surface area contributed by atoms with Gasteiger partial charge in [0.15, 0.2) is 0 Å². The van der Waals surface area contributed by atoms with E-state index in [9.17, 15) is 9.59 Å². The molecule has 0 aliphatic carbocycles. The van der Waals surface area contributed by atoms with Crippen LogP contribution in [0.5, 0.6) is 0 Å². The molecule has 3 rings (SSSR count). The molecule has 1 aromatic rings. The molecule has 0 aromatic heterocycles. The van der Waals surface area contributed by atoms with Crippen LogP contribution in [-0.4, -0.2) is 71.6 Å². The summed E-state index contributed by atoms with van der Waals surface area (Å²) in [4.78, 5) is 32.0. The Morgan fingerprint density at radius 2 is 1.52 bits per heavy atom. The van der Waals surface area contributed by atoms with Crippen molar-refractivity contribution in [2.45, 2.75) is 73.5 Å². The van der Waals surface area contributed by atoms with Gasteiger partial charge in [0.05, 0.1) is 0 Å². The quantitative estimate of drug-likeness (QED) is 0.645. The van der Waals surface area contributed by atoms with Crippen molar-refractivity contribution in [2.24, 2.45) is 11.3 Å². The average molecular weight is 458 g/mol. The number of piperidine rings is 1. The molecule has 0 unspecified atom stereocenters. The molecule has 0 radical (unpaired) electrons. The Morgan fingerprint density at radius 1 is 0.909 bits per heavy atom. The molecule has 0 spiro atoms. The lowest BCUT2D eigenvalue weighted by Gasteiger charge is -2.39. The second-order valence-corrected chi connectivity index (χ2v) is 11.8. The molecule has 2 amide bonds. The van der Waals surface area contributed by atoms with Crippen LogP contribution in [0.1, 0.15) is 75.9 Å². The van der Waals surface area contributed by atoms with Crippen molar-refractivity contribution in [3.8, 4) is 0 Å². The molecule has 2 saturated heterocycles. The second kappa shape index (κ2) is 10.0. The molecule has 2 heterocycles. The highest BCUT2D eigenvalue weighted by Crippen LogP contribution is 2.34. The Hall–Kier alpha value is -2.08. The van der Waals surface area contributed by atoms with Crippen LogP contribution >= 0.6 is 0 Å². The van der Waals surface area contributed by atoms with E-state index < -0.39 is 5.60 Å². The first kappa shape index (κ1) is 25.5. The van der Waals surface area contributed by atoms with E-state index in [0.29, 0.717) is 24.4 Å². The number of hydrogen-bond donors (Lipinski definition) is 0. The number of aryl methyl sites for hydroxylation is 1. The number of benzene rings is 1. The zero-order valence-corrected chi connectivity index (χ0v) is 21.7. The summed E-state index contributed by atoms with van der Waals surface area (Å²) in [6, 6.07) is 6.24. The van der Waals surface area contributed by atoms with Crippen LogP contribution in [0, 0.1) is 18.3 Å². The predicted molar refractivity (Wildman–Crippen MR) is 132 cm³/mol. The molecular weight excluding hydrogens is 414 g/mol. The minimum Gasteiger partial charge on any atom is -0.444 e. The van der Waals surface area contributed by atoms with Gasteiger partial charge in [-0.25, -0.2) is 4.79 Å². The Morgan fingerprint density at radius 3 is 2.06 bits per heavy atom. The maximum absolute atomic E-state index is 13.5. The zero-order chi connectivity index (χ0) is 24.4. The molecule has 6 heteroatoms. The first-order valence-corrected chi connectivity index (χ1v) is 12.4. The smallest absolute Gasteiger partial charge is 0.410 e. The molecule has 1 aromatic carbocycles. The fraction of sp³-hybridized carbons (Fsp3) is 0.704. The van der Waals surface area contributed by atoms with Gasteiger partial charge in [-0.15, -0.1) is 0 Å². The second-order valence-electron chi connectivity index (χ2n) is 11.8. The Balaban J connectivity index is 1.62. The molecule has 184 valence electrons. The molecule has 0 atom stereocenters. The zero-order valence-electron chi connectivity index (χ0n) is 21.7. The van der Waals surface area contributed by atoms with Crippen molar-refractivity contribution in [3.63, 3.8) is 0 Å². The highest BCUT2D eigenvalue weighted by Gasteiger charge is 2.32. The lowest BCUT2D eigenvalue weighted by molar-refractivity contribution is 0.0139. The van der Waals surface area contributed by atoms with Gasteiger partial charge in [-0.1, -0.05) is 38.5 Å². The third kappa shape index (κ3) is 6.95. The summed E-state index contributed by atoms with van der Waals surface area (Å²) < 4.78 is 5.51. The number of carbonyl (C=O) groups is 2. The summed E-state index contributed by atoms with van der Waals surface area (Å²) in [6.45, 7) is 19.9. The summed E-state index contributed by atoms with van der Waals surface area (Å²) in [5.74, 6) is 0.827. The monoisotopic (exact) mass is 457 g/mol. The first-order valence-electron chi connectivity index (χ1n) is 12.4. The van der Waals surface area contributed by atoms with Crippen molar-refractivity contribution in [2.75, 3.05) is 39.3 Å². The van der Waals surface area contributed by atoms with E-state index >= 15 is 0 Å². The number of likely N-dealkylation sites (tertiary alicyclic amines) is 1. The van der Waals surface area contributed by atoms with Crippen LogP contribution in [0.3, 0.4) is 0 Å². The van der Waals surface area contributed by atoms with Gasteiger partial charge in [0.25, 0.3) is 5.91 Å². The number of nitrogens with zero attached hydrogens (tertiary/aromatic N) is 3. The fourth-order valence-electron chi connectivity index (χ4n) is 4.80. The lowest BCUT2D eigenvalue weighted by Crippen LogP contribution is -2.49. The van der Waals surface area contributed by atoms with E-state index in [0.717, 1.165) is 62.3 Å². The summed E-state index contributed by atoms with van der Waals surface area (Å²) in [7, 11) is 0. The number of amides is 2. The van der Waals surface area contributed by atoms with Crippen molar-refractivity contribution >= 4 is 12.0 Å². The third-order valence-electron chi connectivity index (χ3n) is 6.92. The van der Waals surface area contributed by atoms with Crippen LogP contribution in [0.4, 0.5) is 4.79 Å². The fourth-order valence-corrected chi connectivity index (χ4v) is 4.80. The Kier molecular flexibility index (Phi) is 7.77. The van der Waals surface area contributed by atoms with Crippen LogP contribution in [-0.2, 0) is 11.3 Å². The van der Waals surface area contributed by atoms with E-state index in [1.165, 1.54) is 0 Å². The number of ether oxygens (including phenoxy) is 1. The van der Waals surface area contributed by atoms with Gasteiger partial charge >= 0.3 is 6.09 Å². The molecule has 0 saturated carbocycles. The summed E-state index contributed by atoms with van der Waals surface area (Å²) in [5.41, 5.74) is 2.84. The van der Waals surface area contributed by atoms with Crippen LogP contribution in [0.25, 0.3) is 0 Å². The van der Waals surface area contributed by atoms with Crippen LogP contribution < -0.4 is 0 Å². The largest absolute Gasteiger partial charge is 0.444 e. The molecule has 2 aliphatic rings. The standard InChI is InChI=1S/C27H43N3O3/c1-20-8-9-21(19-28-14-16-30(17-15-28)25(32)33-27(5,6)7)23(18-20)24(31)29-12-10-22(11-13-29)26(2,3)4/h8-9,18,22H,10-17,19H2,1-7H3. The van der Waals surface area contributed by atoms with E-state index in [4.69, 9.17) is 4.74 Å². The highest BCUT2D eigenvalue weighted by atomic mass is 16.6. The van der Waals surface area contributed by atoms with Crippen molar-refractivity contribution < 1.29 is 14.3 Å². The normalized spacial score (nSPS) is 19.0. The number of rotatable bonds is 3. The van der Waals surface area contributed by atoms with Gasteiger partial charge in [0, 0.05) is 51.4 Å². The van der Waals surface area contributed by atoms with Crippen molar-refractivity contribution in [1.29, 1.82) is 0 Å². The van der Waals surface area contributed by atoms with E-state index in [2.05, 4.69) is 37.8 Å². The maximum Gasteiger partial charge on any atom is 0.410 e. The highest BCUT2D eigenvalue weighted by molar-refractivity contribution is 5.96. The number of hydrogen-bond acceptors (Lipinski definition) is 4. The number of piperazine rings is 1. The molecule has 2 aliphatic heterocycles. The predicted octanol–water partition coefficient (Wildman–Crippen LogP) is 4.95. The topological polar surface area (TPSA) is 53.1 Å². The van der Waals surface area contributed by atoms with E-state index in [1.807, 2.05) is 38.7 Å². The summed E-state index contributed by atoms with van der Waals surface area (Å²) >= 11 is 0. The Labute approximate surface area is 200 Å². The summed E-state index contributed by atoms with van der Waals surface area (Å²) in [5, 5.41) is 0. The van der Waals surface area contributed by atoms with Gasteiger partial charge in [-0.2, -0.15) is 0 Å². The molecule has 0 N–H and O–H groups in total. The molecule has 6 nitrogen and oxygen atoms in total. The SMILES string of the molecule is Cc1ccc(CN2CCN(C(=O)OC(C)(C)C)CC2)c(C(=O)N2CCC(C(C)(C)C)CC2)c1. The molecular formula is C27H43N3O3. The minimum atomic E-state index is -0.479. The average Bonchev–Trinajstić information content (AvgIpc) is 2.73. The Bertz CT molecular complexity index is 837. The van der Waals surface area contributed by atoms with Gasteiger partial charge in [-0.05, 0) is 63.5 Å². The van der Waals surface area contributed by atoms with E-state index in [-0.39, 0.29) is 12.0 Å². The molecule has 2 fully saturated rings. The van der Waals surface area contributed by atoms with Crippen molar-refractivity contribution in [3.05, 3.63) is 34.9 Å². The maximum atomic E-state index is 13.5. The van der Waals surface area contributed by atoms with Crippen LogP contribution in [0.15, 0.2) is 18.2 Å². The molecule has 0 bridgehead atoms. The lowest BCUT2D eigenvalue weighted by atomic mass is 9.75. The van der Waals surface area contributed by atoms with Crippen molar-refractivity contribution in [1.82, 2.24) is 14.7 Å². The van der Waals surface area contributed by atoms with Crippen LogP contribution in [0.2, 0.25) is 0 Å². The van der Waals surface area contributed by atoms with Gasteiger partial charge in [0.2, 0.25) is 0 Å². The molecule has 33 heavy (non-hydrogen) atoms. The number of carbonyl (C=O) groups excluding carboxylic acids is 2. The summed E-state index contributed by atoms with van der Waals surface area (Å²) in [6.07, 6.45) is 1.90. The third-order valence-corrected chi connectivity index (χ3v) is 6.92. The van der Waals surface area contributed by atoms with Gasteiger partial charge in [-0.3, -0.25) is 9.69 Å². The van der Waals surface area contributed by atoms with E-state index in [1.54, 1.807) is 4.90 Å².